The molecule has 1 fully saturated rings. The number of aryl methyl sites for hydroxylation is 1. The van der Waals surface area contributed by atoms with Crippen LogP contribution in [-0.2, 0) is 11.3 Å². The van der Waals surface area contributed by atoms with Crippen molar-refractivity contribution >= 4 is 39.3 Å². The predicted octanol–water partition coefficient (Wildman–Crippen LogP) is 4.01. The van der Waals surface area contributed by atoms with Gasteiger partial charge in [-0.05, 0) is 61.0 Å². The second-order valence-electron chi connectivity index (χ2n) is 9.80. The Balaban J connectivity index is 1.37. The number of amides is 1. The molecule has 3 N–H and O–H groups in total. The summed E-state index contributed by atoms with van der Waals surface area (Å²) >= 11 is 0. The van der Waals surface area contributed by atoms with Crippen molar-refractivity contribution in [1.82, 2.24) is 9.47 Å². The number of carboxylic acids is 1. The van der Waals surface area contributed by atoms with Crippen molar-refractivity contribution in [1.29, 1.82) is 0 Å². The first-order valence-electron chi connectivity index (χ1n) is 12.4. The number of halogens is 1. The minimum absolute atomic E-state index is 0.186. The van der Waals surface area contributed by atoms with Gasteiger partial charge in [0.25, 0.3) is 5.91 Å². The molecular formula is C29H28FN3O5. The Hall–Kier alpha value is -4.24. The number of rotatable bonds is 9. The summed E-state index contributed by atoms with van der Waals surface area (Å²) in [5.74, 6) is -2.36. The first-order chi connectivity index (χ1) is 18.2. The summed E-state index contributed by atoms with van der Waals surface area (Å²) in [6.07, 6.45) is 2.28. The number of Topliss-reactive ketones (excluding diaryl/α,β-unsaturated/α-hetero) is 1. The number of hydrogen-bond donors (Lipinski definition) is 2. The highest BCUT2D eigenvalue weighted by Crippen LogP contribution is 2.28. The lowest BCUT2D eigenvalue weighted by Crippen LogP contribution is -2.26. The van der Waals surface area contributed by atoms with Crippen molar-refractivity contribution in [2.24, 2.45) is 11.7 Å². The molecule has 0 bridgehead atoms. The molecule has 2 heterocycles. The lowest BCUT2D eigenvalue weighted by Gasteiger charge is -2.16. The molecule has 1 aliphatic heterocycles. The lowest BCUT2D eigenvalue weighted by atomic mass is 10.0. The van der Waals surface area contributed by atoms with Crippen LogP contribution in [-0.4, -0.2) is 58.5 Å². The fourth-order valence-electron chi connectivity index (χ4n) is 5.09. The Morgan fingerprint density at radius 2 is 1.87 bits per heavy atom. The van der Waals surface area contributed by atoms with E-state index in [9.17, 15) is 23.9 Å². The number of carbonyl (C=O) groups is 3. The third-order valence-electron chi connectivity index (χ3n) is 7.14. The molecule has 1 aliphatic rings. The quantitative estimate of drug-likeness (QED) is 0.324. The third kappa shape index (κ3) is 5.10. The van der Waals surface area contributed by atoms with Gasteiger partial charge in [-0.1, -0.05) is 23.8 Å². The zero-order valence-electron chi connectivity index (χ0n) is 20.9. The van der Waals surface area contributed by atoms with E-state index >= 15 is 0 Å². The molecular weight excluding hydrogens is 489 g/mol. The van der Waals surface area contributed by atoms with Crippen LogP contribution in [0, 0.1) is 18.7 Å². The molecule has 0 saturated carbocycles. The number of carbonyl (C=O) groups excluding carboxylic acids is 2. The molecule has 8 nitrogen and oxygen atoms in total. The van der Waals surface area contributed by atoms with E-state index in [2.05, 4.69) is 4.90 Å². The van der Waals surface area contributed by atoms with Crippen LogP contribution in [0.2, 0.25) is 0 Å². The van der Waals surface area contributed by atoms with Crippen LogP contribution in [0.4, 0.5) is 4.39 Å². The van der Waals surface area contributed by atoms with Gasteiger partial charge in [-0.3, -0.25) is 14.4 Å². The Bertz CT molecular complexity index is 1580. The number of likely N-dealkylation sites (tertiary alicyclic amines) is 1. The van der Waals surface area contributed by atoms with Crippen molar-refractivity contribution in [3.8, 4) is 5.75 Å². The summed E-state index contributed by atoms with van der Waals surface area (Å²) in [5, 5.41) is 11.5. The Morgan fingerprint density at radius 3 is 2.61 bits per heavy atom. The number of hydrogen-bond acceptors (Lipinski definition) is 5. The van der Waals surface area contributed by atoms with Gasteiger partial charge in [0.05, 0.1) is 17.0 Å². The Morgan fingerprint density at radius 1 is 1.05 bits per heavy atom. The van der Waals surface area contributed by atoms with Crippen molar-refractivity contribution in [3.63, 3.8) is 0 Å². The first kappa shape index (κ1) is 25.4. The molecule has 1 atom stereocenters. The van der Waals surface area contributed by atoms with E-state index in [4.69, 9.17) is 10.5 Å². The third-order valence-corrected chi connectivity index (χ3v) is 7.14. The summed E-state index contributed by atoms with van der Waals surface area (Å²) in [7, 11) is 0. The van der Waals surface area contributed by atoms with Crippen LogP contribution in [0.3, 0.4) is 0 Å². The normalized spacial score (nSPS) is 15.8. The number of carboxylic acid groups (broad SMARTS) is 1. The van der Waals surface area contributed by atoms with Gasteiger partial charge in [0.2, 0.25) is 5.78 Å². The van der Waals surface area contributed by atoms with Gasteiger partial charge in [0.1, 0.15) is 11.6 Å². The van der Waals surface area contributed by atoms with E-state index in [-0.39, 0.29) is 29.6 Å². The van der Waals surface area contributed by atoms with Crippen LogP contribution < -0.4 is 10.5 Å². The number of aromatic nitrogens is 1. The summed E-state index contributed by atoms with van der Waals surface area (Å²) in [6.45, 7) is 3.81. The molecule has 196 valence electrons. The lowest BCUT2D eigenvalue weighted by molar-refractivity contribution is -0.141. The van der Waals surface area contributed by atoms with Crippen molar-refractivity contribution < 1.29 is 28.6 Å². The first-order valence-corrected chi connectivity index (χ1v) is 12.4. The molecule has 3 aromatic carbocycles. The van der Waals surface area contributed by atoms with E-state index in [1.807, 2.05) is 29.7 Å². The number of benzene rings is 3. The molecule has 0 spiro atoms. The minimum atomic E-state index is -0.796. The monoisotopic (exact) mass is 517 g/mol. The van der Waals surface area contributed by atoms with E-state index < -0.39 is 17.7 Å². The molecule has 0 aliphatic carbocycles. The molecule has 9 heteroatoms. The topological polar surface area (TPSA) is 115 Å². The average molecular weight is 518 g/mol. The van der Waals surface area contributed by atoms with Gasteiger partial charge >= 0.3 is 5.97 Å². The van der Waals surface area contributed by atoms with Crippen LogP contribution in [0.5, 0.6) is 5.75 Å². The van der Waals surface area contributed by atoms with E-state index in [0.29, 0.717) is 49.1 Å². The molecule has 38 heavy (non-hydrogen) atoms. The molecule has 1 aromatic heterocycles. The second kappa shape index (κ2) is 10.3. The summed E-state index contributed by atoms with van der Waals surface area (Å²) in [5.41, 5.74) is 7.76. The highest BCUT2D eigenvalue weighted by molar-refractivity contribution is 6.09. The smallest absolute Gasteiger partial charge is 0.307 e. The number of nitrogens with zero attached hydrogens (tertiary/aromatic N) is 2. The van der Waals surface area contributed by atoms with Gasteiger partial charge < -0.3 is 25.0 Å². The van der Waals surface area contributed by atoms with Gasteiger partial charge in [-0.2, -0.15) is 0 Å². The predicted molar refractivity (Wildman–Crippen MR) is 141 cm³/mol. The van der Waals surface area contributed by atoms with Crippen molar-refractivity contribution in [2.45, 2.75) is 19.9 Å². The van der Waals surface area contributed by atoms with Gasteiger partial charge in [0.15, 0.2) is 6.61 Å². The Kier molecular flexibility index (Phi) is 6.86. The van der Waals surface area contributed by atoms with E-state index in [1.54, 1.807) is 24.4 Å². The molecule has 4 aromatic rings. The second-order valence-corrected chi connectivity index (χ2v) is 9.80. The number of ketones is 1. The highest BCUT2D eigenvalue weighted by Gasteiger charge is 2.28. The number of ether oxygens (including phenoxy) is 1. The molecule has 1 amide bonds. The van der Waals surface area contributed by atoms with Crippen LogP contribution in [0.1, 0.15) is 32.7 Å². The number of aliphatic carboxylic acids is 1. The maximum absolute atomic E-state index is 14.1. The van der Waals surface area contributed by atoms with E-state index in [1.165, 1.54) is 12.1 Å². The van der Waals surface area contributed by atoms with E-state index in [0.717, 1.165) is 16.3 Å². The van der Waals surface area contributed by atoms with Crippen LogP contribution >= 0.6 is 0 Å². The van der Waals surface area contributed by atoms with Crippen molar-refractivity contribution in [3.05, 3.63) is 77.2 Å². The van der Waals surface area contributed by atoms with Crippen molar-refractivity contribution in [2.75, 3.05) is 26.2 Å². The summed E-state index contributed by atoms with van der Waals surface area (Å²) in [4.78, 5) is 38.7. The zero-order chi connectivity index (χ0) is 27.0. The Labute approximate surface area is 218 Å². The molecule has 5 rings (SSSR count). The van der Waals surface area contributed by atoms with Gasteiger partial charge in [-0.15, -0.1) is 0 Å². The zero-order valence-corrected chi connectivity index (χ0v) is 20.9. The van der Waals surface area contributed by atoms with Gasteiger partial charge in [0, 0.05) is 36.8 Å². The molecule has 0 radical (unpaired) electrons. The molecule has 1 saturated heterocycles. The maximum Gasteiger partial charge on any atom is 0.307 e. The summed E-state index contributed by atoms with van der Waals surface area (Å²) < 4.78 is 21.7. The largest absolute Gasteiger partial charge is 0.485 e. The standard InChI is InChI=1S/C29H28FN3O5/c1-17-2-3-18-12-27(23(28(31)35)11-20(18)10-17)38-16-26(34)24-15-33(25-13-21(30)4-5-22(24)25)9-8-32-7-6-19(14-32)29(36)37/h2-5,10-13,15,19H,6-9,14,16H2,1H3,(H2,31,35)(H,36,37)/t19-/m0/s1. The number of fused-ring (bicyclic) bond motifs is 2. The fraction of sp³-hybridized carbons (Fsp3) is 0.276. The maximum atomic E-state index is 14.1. The highest BCUT2D eigenvalue weighted by atomic mass is 19.1. The number of nitrogens with two attached hydrogens (primary N) is 1. The fourth-order valence-corrected chi connectivity index (χ4v) is 5.09. The number of primary amides is 1. The minimum Gasteiger partial charge on any atom is -0.485 e. The molecule has 0 unspecified atom stereocenters. The SMILES string of the molecule is Cc1ccc2cc(OCC(=O)c3cn(CCN4CC[C@H](C(=O)O)C4)c4cc(F)ccc34)c(C(N)=O)cc2c1. The summed E-state index contributed by atoms with van der Waals surface area (Å²) in [6, 6.07) is 13.4. The van der Waals surface area contributed by atoms with Crippen LogP contribution in [0.25, 0.3) is 21.7 Å². The van der Waals surface area contributed by atoms with Gasteiger partial charge in [-0.25, -0.2) is 4.39 Å². The van der Waals surface area contributed by atoms with Crippen LogP contribution in [0.15, 0.2) is 54.7 Å². The average Bonchev–Trinajstić information content (AvgIpc) is 3.50.